The van der Waals surface area contributed by atoms with E-state index in [0.29, 0.717) is 10.6 Å². The summed E-state index contributed by atoms with van der Waals surface area (Å²) in [6.45, 7) is 0. The lowest BCUT2D eigenvalue weighted by atomic mass is 10.2. The van der Waals surface area contributed by atoms with Crippen molar-refractivity contribution in [1.82, 2.24) is 5.43 Å². The van der Waals surface area contributed by atoms with Gasteiger partial charge in [-0.1, -0.05) is 41.9 Å². The summed E-state index contributed by atoms with van der Waals surface area (Å²) in [4.78, 5) is 11.9. The van der Waals surface area contributed by atoms with Crippen LogP contribution in [0.1, 0.15) is 15.9 Å². The average Bonchev–Trinajstić information content (AvgIpc) is 2.41. The molecule has 0 aliphatic heterocycles. The Bertz CT molecular complexity index is 628. The highest BCUT2D eigenvalue weighted by atomic mass is 127. The second-order valence-electron chi connectivity index (χ2n) is 3.70. The molecule has 0 spiro atoms. The van der Waals surface area contributed by atoms with Crippen molar-refractivity contribution in [2.24, 2.45) is 5.10 Å². The van der Waals surface area contributed by atoms with E-state index in [-0.39, 0.29) is 5.91 Å². The molecule has 0 aliphatic carbocycles. The largest absolute Gasteiger partial charge is 0.272 e. The SMILES string of the molecule is O=C(NN=Cc1ccccc1Cl)c1ccccc1I. The van der Waals surface area contributed by atoms with E-state index in [1.54, 1.807) is 12.1 Å². The fourth-order valence-corrected chi connectivity index (χ4v) is 2.26. The van der Waals surface area contributed by atoms with Crippen LogP contribution < -0.4 is 5.43 Å². The maximum Gasteiger partial charge on any atom is 0.272 e. The van der Waals surface area contributed by atoms with E-state index in [4.69, 9.17) is 11.6 Å². The zero-order chi connectivity index (χ0) is 13.7. The van der Waals surface area contributed by atoms with Gasteiger partial charge >= 0.3 is 0 Å². The van der Waals surface area contributed by atoms with Crippen molar-refractivity contribution < 1.29 is 4.79 Å². The van der Waals surface area contributed by atoms with E-state index in [9.17, 15) is 4.79 Å². The number of nitrogens with one attached hydrogen (secondary N) is 1. The molecule has 0 bridgehead atoms. The monoisotopic (exact) mass is 384 g/mol. The maximum absolute atomic E-state index is 11.9. The predicted molar refractivity (Wildman–Crippen MR) is 85.7 cm³/mol. The molecule has 1 amide bonds. The Kier molecular flexibility index (Phi) is 4.93. The lowest BCUT2D eigenvalue weighted by Gasteiger charge is -2.02. The van der Waals surface area contributed by atoms with Crippen molar-refractivity contribution in [2.45, 2.75) is 0 Å². The number of halogens is 2. The van der Waals surface area contributed by atoms with Gasteiger partial charge in [-0.05, 0) is 40.8 Å². The van der Waals surface area contributed by atoms with Gasteiger partial charge in [-0.3, -0.25) is 4.79 Å². The molecule has 0 fully saturated rings. The number of hydrogen-bond donors (Lipinski definition) is 1. The molecule has 0 atom stereocenters. The molecular weight excluding hydrogens is 375 g/mol. The van der Waals surface area contributed by atoms with Crippen LogP contribution in [0.3, 0.4) is 0 Å². The number of nitrogens with zero attached hydrogens (tertiary/aromatic N) is 1. The first-order chi connectivity index (χ1) is 9.18. The van der Waals surface area contributed by atoms with Crippen LogP contribution in [0.4, 0.5) is 0 Å². The highest BCUT2D eigenvalue weighted by Crippen LogP contribution is 2.13. The van der Waals surface area contributed by atoms with Crippen molar-refractivity contribution in [1.29, 1.82) is 0 Å². The second kappa shape index (κ2) is 6.68. The van der Waals surface area contributed by atoms with Gasteiger partial charge in [0.2, 0.25) is 0 Å². The van der Waals surface area contributed by atoms with Gasteiger partial charge in [0.15, 0.2) is 0 Å². The molecule has 2 rings (SSSR count). The Hall–Kier alpha value is -1.40. The van der Waals surface area contributed by atoms with Crippen LogP contribution in [0, 0.1) is 3.57 Å². The standard InChI is InChI=1S/C14H10ClIN2O/c15-12-7-3-1-5-10(12)9-17-18-14(19)11-6-2-4-8-13(11)16/h1-9H,(H,18,19). The third kappa shape index (κ3) is 3.78. The van der Waals surface area contributed by atoms with Crippen molar-refractivity contribution in [3.63, 3.8) is 0 Å². The molecule has 0 aromatic heterocycles. The normalized spacial score (nSPS) is 10.6. The molecule has 0 saturated carbocycles. The summed E-state index contributed by atoms with van der Waals surface area (Å²) in [5.74, 6) is -0.242. The van der Waals surface area contributed by atoms with Crippen LogP contribution in [0.25, 0.3) is 0 Å². The van der Waals surface area contributed by atoms with E-state index in [0.717, 1.165) is 9.13 Å². The summed E-state index contributed by atoms with van der Waals surface area (Å²) < 4.78 is 0.880. The van der Waals surface area contributed by atoms with Gasteiger partial charge in [-0.25, -0.2) is 5.43 Å². The second-order valence-corrected chi connectivity index (χ2v) is 5.27. The van der Waals surface area contributed by atoms with Crippen LogP contribution in [-0.4, -0.2) is 12.1 Å². The summed E-state index contributed by atoms with van der Waals surface area (Å²) in [6.07, 6.45) is 1.52. The van der Waals surface area contributed by atoms with Crippen molar-refractivity contribution in [3.05, 3.63) is 68.3 Å². The molecule has 3 nitrogen and oxygen atoms in total. The number of hydrogen-bond acceptors (Lipinski definition) is 2. The van der Waals surface area contributed by atoms with Gasteiger partial charge in [0.1, 0.15) is 0 Å². The van der Waals surface area contributed by atoms with Crippen LogP contribution in [-0.2, 0) is 0 Å². The third-order valence-corrected chi connectivity index (χ3v) is 3.68. The average molecular weight is 385 g/mol. The number of benzene rings is 2. The molecule has 0 heterocycles. The molecule has 2 aromatic rings. The smallest absolute Gasteiger partial charge is 0.267 e. The molecule has 96 valence electrons. The zero-order valence-corrected chi connectivity index (χ0v) is 12.7. The maximum atomic E-state index is 11.9. The lowest BCUT2D eigenvalue weighted by Crippen LogP contribution is -2.18. The molecule has 2 aromatic carbocycles. The minimum absolute atomic E-state index is 0.242. The Balaban J connectivity index is 2.06. The molecule has 0 saturated heterocycles. The number of carbonyl (C=O) groups excluding carboxylic acids is 1. The Morgan fingerprint density at radius 3 is 2.58 bits per heavy atom. The first-order valence-electron chi connectivity index (χ1n) is 5.51. The predicted octanol–water partition coefficient (Wildman–Crippen LogP) is 3.71. The topological polar surface area (TPSA) is 41.5 Å². The minimum atomic E-state index is -0.242. The van der Waals surface area contributed by atoms with Crippen LogP contribution in [0.5, 0.6) is 0 Å². The van der Waals surface area contributed by atoms with E-state index in [2.05, 4.69) is 33.1 Å². The Labute approximate surface area is 129 Å². The van der Waals surface area contributed by atoms with Crippen molar-refractivity contribution >= 4 is 46.3 Å². The van der Waals surface area contributed by atoms with Gasteiger partial charge in [0.25, 0.3) is 5.91 Å². The molecule has 0 unspecified atom stereocenters. The lowest BCUT2D eigenvalue weighted by molar-refractivity contribution is 0.0954. The van der Waals surface area contributed by atoms with E-state index in [1.165, 1.54) is 6.21 Å². The minimum Gasteiger partial charge on any atom is -0.267 e. The summed E-state index contributed by atoms with van der Waals surface area (Å²) in [5.41, 5.74) is 3.84. The van der Waals surface area contributed by atoms with Gasteiger partial charge < -0.3 is 0 Å². The number of rotatable bonds is 3. The fourth-order valence-electron chi connectivity index (χ4n) is 1.45. The summed E-state index contributed by atoms with van der Waals surface area (Å²) in [6, 6.07) is 14.6. The Morgan fingerprint density at radius 1 is 1.16 bits per heavy atom. The third-order valence-electron chi connectivity index (χ3n) is 2.39. The van der Waals surface area contributed by atoms with E-state index >= 15 is 0 Å². The van der Waals surface area contributed by atoms with Gasteiger partial charge in [-0.15, -0.1) is 0 Å². The van der Waals surface area contributed by atoms with E-state index in [1.807, 2.05) is 36.4 Å². The summed E-state index contributed by atoms with van der Waals surface area (Å²) >= 11 is 8.09. The number of carbonyl (C=O) groups is 1. The van der Waals surface area contributed by atoms with Crippen molar-refractivity contribution in [2.75, 3.05) is 0 Å². The number of amides is 1. The quantitative estimate of drug-likeness (QED) is 0.489. The molecule has 0 radical (unpaired) electrons. The summed E-state index contributed by atoms with van der Waals surface area (Å²) in [7, 11) is 0. The van der Waals surface area contributed by atoms with Gasteiger partial charge in [0, 0.05) is 14.2 Å². The van der Waals surface area contributed by atoms with Gasteiger partial charge in [0.05, 0.1) is 11.8 Å². The molecule has 19 heavy (non-hydrogen) atoms. The van der Waals surface area contributed by atoms with E-state index < -0.39 is 0 Å². The van der Waals surface area contributed by atoms with Crippen LogP contribution in [0.15, 0.2) is 53.6 Å². The van der Waals surface area contributed by atoms with Crippen LogP contribution >= 0.6 is 34.2 Å². The summed E-state index contributed by atoms with van der Waals surface area (Å²) in [5, 5.41) is 4.50. The zero-order valence-electron chi connectivity index (χ0n) is 9.81. The highest BCUT2D eigenvalue weighted by Gasteiger charge is 2.07. The Morgan fingerprint density at radius 2 is 1.84 bits per heavy atom. The fraction of sp³-hybridized carbons (Fsp3) is 0. The highest BCUT2D eigenvalue weighted by molar-refractivity contribution is 14.1. The molecular formula is C14H10ClIN2O. The molecule has 5 heteroatoms. The molecule has 1 N–H and O–H groups in total. The first-order valence-corrected chi connectivity index (χ1v) is 6.96. The number of hydrazone groups is 1. The first kappa shape index (κ1) is 14.0. The van der Waals surface area contributed by atoms with Crippen molar-refractivity contribution in [3.8, 4) is 0 Å². The molecule has 0 aliphatic rings. The van der Waals surface area contributed by atoms with Gasteiger partial charge in [-0.2, -0.15) is 5.10 Å². The van der Waals surface area contributed by atoms with Crippen LogP contribution in [0.2, 0.25) is 5.02 Å².